The van der Waals surface area contributed by atoms with Crippen molar-refractivity contribution in [2.75, 3.05) is 5.32 Å². The van der Waals surface area contributed by atoms with E-state index in [4.69, 9.17) is 0 Å². The number of nitrogens with one attached hydrogen (secondary N) is 1. The van der Waals surface area contributed by atoms with Gasteiger partial charge in [0, 0.05) is 18.1 Å². The number of rotatable bonds is 2. The summed E-state index contributed by atoms with van der Waals surface area (Å²) in [5.74, 6) is 0.995. The van der Waals surface area contributed by atoms with Crippen LogP contribution in [0, 0.1) is 22.2 Å². The van der Waals surface area contributed by atoms with E-state index in [1.165, 1.54) is 19.3 Å². The van der Waals surface area contributed by atoms with Gasteiger partial charge in [-0.2, -0.15) is 0 Å². The highest BCUT2D eigenvalue weighted by atomic mass is 16.2. The van der Waals surface area contributed by atoms with Crippen molar-refractivity contribution in [2.24, 2.45) is 22.2 Å². The van der Waals surface area contributed by atoms with Gasteiger partial charge in [0.15, 0.2) is 0 Å². The van der Waals surface area contributed by atoms with Crippen molar-refractivity contribution in [3.05, 3.63) is 24.5 Å². The predicted molar refractivity (Wildman–Crippen MR) is 82.7 cm³/mol. The van der Waals surface area contributed by atoms with Gasteiger partial charge in [0.1, 0.15) is 0 Å². The van der Waals surface area contributed by atoms with Gasteiger partial charge < -0.3 is 5.32 Å². The number of carbonyl (C=O) groups is 1. The molecule has 4 saturated carbocycles. The minimum Gasteiger partial charge on any atom is -0.325 e. The number of amides is 1. The Morgan fingerprint density at radius 1 is 1.10 bits per heavy atom. The summed E-state index contributed by atoms with van der Waals surface area (Å²) in [4.78, 5) is 17.0. The van der Waals surface area contributed by atoms with Crippen molar-refractivity contribution in [1.82, 2.24) is 4.98 Å². The van der Waals surface area contributed by atoms with E-state index in [0.717, 1.165) is 30.9 Å². The fraction of sp³-hybridized carbons (Fsp3) is 0.667. The molecule has 1 aromatic rings. The van der Waals surface area contributed by atoms with Crippen molar-refractivity contribution >= 4 is 11.6 Å². The topological polar surface area (TPSA) is 42.0 Å². The molecular formula is C18H24N2O. The van der Waals surface area contributed by atoms with Crippen molar-refractivity contribution in [1.29, 1.82) is 0 Å². The number of aromatic nitrogens is 1. The third kappa shape index (κ3) is 2.09. The van der Waals surface area contributed by atoms with Crippen LogP contribution in [0.3, 0.4) is 0 Å². The SMILES string of the molecule is C[C@@]12CC3CC(C(=O)Nc4ccncc4)(C1)C[C@@](C)(C3)C2. The second kappa shape index (κ2) is 4.08. The van der Waals surface area contributed by atoms with Gasteiger partial charge in [0.2, 0.25) is 5.91 Å². The van der Waals surface area contributed by atoms with E-state index in [1.54, 1.807) is 12.4 Å². The number of hydrogen-bond acceptors (Lipinski definition) is 2. The summed E-state index contributed by atoms with van der Waals surface area (Å²) in [5.41, 5.74) is 1.50. The molecule has 0 spiro atoms. The summed E-state index contributed by atoms with van der Waals surface area (Å²) < 4.78 is 0. The first-order chi connectivity index (χ1) is 9.91. The molecule has 1 N–H and O–H groups in total. The maximum absolute atomic E-state index is 13.0. The van der Waals surface area contributed by atoms with Gasteiger partial charge in [0.05, 0.1) is 5.41 Å². The Labute approximate surface area is 126 Å². The number of pyridine rings is 1. The van der Waals surface area contributed by atoms with E-state index in [9.17, 15) is 4.79 Å². The van der Waals surface area contributed by atoms with E-state index >= 15 is 0 Å². The largest absolute Gasteiger partial charge is 0.325 e. The molecule has 0 radical (unpaired) electrons. The Morgan fingerprint density at radius 3 is 2.29 bits per heavy atom. The smallest absolute Gasteiger partial charge is 0.230 e. The maximum Gasteiger partial charge on any atom is 0.230 e. The second-order valence-electron chi connectivity index (χ2n) is 8.60. The molecule has 112 valence electrons. The highest BCUT2D eigenvalue weighted by Crippen LogP contribution is 2.69. The average Bonchev–Trinajstić information content (AvgIpc) is 2.35. The molecule has 4 aliphatic carbocycles. The lowest BCUT2D eigenvalue weighted by molar-refractivity contribution is -0.165. The van der Waals surface area contributed by atoms with Crippen molar-refractivity contribution in [2.45, 2.75) is 52.4 Å². The quantitative estimate of drug-likeness (QED) is 0.891. The lowest BCUT2D eigenvalue weighted by atomic mass is 9.40. The average molecular weight is 284 g/mol. The first kappa shape index (κ1) is 13.3. The zero-order valence-electron chi connectivity index (χ0n) is 13.0. The van der Waals surface area contributed by atoms with Gasteiger partial charge in [-0.25, -0.2) is 0 Å². The molecule has 3 nitrogen and oxygen atoms in total. The van der Waals surface area contributed by atoms with Gasteiger partial charge in [-0.1, -0.05) is 13.8 Å². The van der Waals surface area contributed by atoms with E-state index in [0.29, 0.717) is 10.8 Å². The summed E-state index contributed by atoms with van der Waals surface area (Å²) >= 11 is 0. The molecule has 2 atom stereocenters. The Hall–Kier alpha value is -1.38. The molecule has 3 heteroatoms. The zero-order chi connectivity index (χ0) is 14.7. The number of nitrogens with zero attached hydrogens (tertiary/aromatic N) is 1. The summed E-state index contributed by atoms with van der Waals surface area (Å²) in [6.45, 7) is 4.81. The van der Waals surface area contributed by atoms with Crippen LogP contribution in [0.1, 0.15) is 52.4 Å². The molecule has 21 heavy (non-hydrogen) atoms. The molecule has 0 unspecified atom stereocenters. The lowest BCUT2D eigenvalue weighted by Crippen LogP contribution is -2.58. The number of hydrogen-bond donors (Lipinski definition) is 1. The van der Waals surface area contributed by atoms with Gasteiger partial charge in [-0.05, 0) is 67.4 Å². The summed E-state index contributed by atoms with van der Waals surface area (Å²) in [6, 6.07) is 3.75. The Morgan fingerprint density at radius 2 is 1.71 bits per heavy atom. The molecule has 4 bridgehead atoms. The lowest BCUT2D eigenvalue weighted by Gasteiger charge is -2.64. The zero-order valence-corrected chi connectivity index (χ0v) is 13.0. The van der Waals surface area contributed by atoms with Crippen molar-refractivity contribution in [3.63, 3.8) is 0 Å². The summed E-state index contributed by atoms with van der Waals surface area (Å²) in [6.07, 6.45) is 10.7. The fourth-order valence-corrected chi connectivity index (χ4v) is 6.40. The van der Waals surface area contributed by atoms with Crippen molar-refractivity contribution < 1.29 is 4.79 Å². The van der Waals surface area contributed by atoms with Crippen LogP contribution in [0.4, 0.5) is 5.69 Å². The van der Waals surface area contributed by atoms with Crippen LogP contribution in [-0.4, -0.2) is 10.9 Å². The minimum atomic E-state index is -0.133. The molecule has 1 amide bonds. The number of anilines is 1. The van der Waals surface area contributed by atoms with Crippen LogP contribution in [0.2, 0.25) is 0 Å². The Bertz CT molecular complexity index is 564. The third-order valence-corrected chi connectivity index (χ3v) is 6.05. The molecule has 0 aliphatic heterocycles. The van der Waals surface area contributed by atoms with Crippen LogP contribution in [0.15, 0.2) is 24.5 Å². The standard InChI is InChI=1S/C18H24N2O/c1-16-7-13-8-17(2,10-16)12-18(9-13,11-16)15(21)20-14-3-5-19-6-4-14/h3-6,13H,7-12H2,1-2H3,(H,19,20,21)/t13?,16-,17-,18?/m0/s1. The Balaban J connectivity index is 1.63. The van der Waals surface area contributed by atoms with Crippen LogP contribution >= 0.6 is 0 Å². The highest BCUT2D eigenvalue weighted by molar-refractivity contribution is 5.95. The molecule has 5 rings (SSSR count). The molecule has 0 aromatic carbocycles. The van der Waals surface area contributed by atoms with E-state index in [-0.39, 0.29) is 11.3 Å². The second-order valence-corrected chi connectivity index (χ2v) is 8.60. The minimum absolute atomic E-state index is 0.133. The molecule has 4 aliphatic rings. The molecule has 1 aromatic heterocycles. The first-order valence-electron chi connectivity index (χ1n) is 8.12. The summed E-state index contributed by atoms with van der Waals surface area (Å²) in [5, 5.41) is 3.15. The third-order valence-electron chi connectivity index (χ3n) is 6.05. The summed E-state index contributed by atoms with van der Waals surface area (Å²) in [7, 11) is 0. The van der Waals surface area contributed by atoms with Crippen molar-refractivity contribution in [3.8, 4) is 0 Å². The van der Waals surface area contributed by atoms with E-state index in [2.05, 4.69) is 24.1 Å². The molecule has 0 saturated heterocycles. The van der Waals surface area contributed by atoms with Crippen LogP contribution in [0.5, 0.6) is 0 Å². The van der Waals surface area contributed by atoms with Gasteiger partial charge in [-0.3, -0.25) is 9.78 Å². The van der Waals surface area contributed by atoms with E-state index in [1.807, 2.05) is 12.1 Å². The van der Waals surface area contributed by atoms with Crippen LogP contribution in [0.25, 0.3) is 0 Å². The number of carbonyl (C=O) groups excluding carboxylic acids is 1. The first-order valence-corrected chi connectivity index (χ1v) is 8.12. The molecule has 4 fully saturated rings. The highest BCUT2D eigenvalue weighted by Gasteiger charge is 2.62. The van der Waals surface area contributed by atoms with Gasteiger partial charge in [-0.15, -0.1) is 0 Å². The Kier molecular flexibility index (Phi) is 2.59. The van der Waals surface area contributed by atoms with E-state index < -0.39 is 0 Å². The molecule has 1 heterocycles. The maximum atomic E-state index is 13.0. The fourth-order valence-electron chi connectivity index (χ4n) is 6.40. The van der Waals surface area contributed by atoms with Gasteiger partial charge >= 0.3 is 0 Å². The van der Waals surface area contributed by atoms with Gasteiger partial charge in [0.25, 0.3) is 0 Å². The van der Waals surface area contributed by atoms with Crippen LogP contribution in [-0.2, 0) is 4.79 Å². The predicted octanol–water partition coefficient (Wildman–Crippen LogP) is 4.02. The monoisotopic (exact) mass is 284 g/mol. The molecular weight excluding hydrogens is 260 g/mol. The normalized spacial score (nSPS) is 43.8. The van der Waals surface area contributed by atoms with Crippen LogP contribution < -0.4 is 5.32 Å².